The molecule has 0 unspecified atom stereocenters. The lowest BCUT2D eigenvalue weighted by Crippen LogP contribution is -2.28. The SMILES string of the molecule is CCCc1ccc(C(=O)CN(C)CCO)cc1. The minimum Gasteiger partial charge on any atom is -0.395 e. The molecule has 0 aliphatic heterocycles. The van der Waals surface area contributed by atoms with Crippen molar-refractivity contribution in [1.29, 1.82) is 0 Å². The first-order valence-electron chi connectivity index (χ1n) is 6.09. The molecule has 1 aromatic carbocycles. The number of ketones is 1. The first-order valence-corrected chi connectivity index (χ1v) is 6.09. The number of nitrogens with zero attached hydrogens (tertiary/aromatic N) is 1. The monoisotopic (exact) mass is 235 g/mol. The van der Waals surface area contributed by atoms with Gasteiger partial charge >= 0.3 is 0 Å². The Hall–Kier alpha value is -1.19. The molecule has 0 spiro atoms. The number of aliphatic hydroxyl groups is 1. The standard InChI is InChI=1S/C14H21NO2/c1-3-4-12-5-7-13(8-6-12)14(17)11-15(2)9-10-16/h5-8,16H,3-4,9-11H2,1-2H3. The van der Waals surface area contributed by atoms with Crippen LogP contribution in [0.15, 0.2) is 24.3 Å². The zero-order valence-corrected chi connectivity index (χ0v) is 10.6. The van der Waals surface area contributed by atoms with Crippen LogP contribution in [0.1, 0.15) is 29.3 Å². The topological polar surface area (TPSA) is 40.5 Å². The fraction of sp³-hybridized carbons (Fsp3) is 0.500. The van der Waals surface area contributed by atoms with Gasteiger partial charge in [0.05, 0.1) is 13.2 Å². The number of hydrogen-bond acceptors (Lipinski definition) is 3. The van der Waals surface area contributed by atoms with Gasteiger partial charge in [0.15, 0.2) is 5.78 Å². The van der Waals surface area contributed by atoms with E-state index >= 15 is 0 Å². The van der Waals surface area contributed by atoms with Crippen LogP contribution in [0.4, 0.5) is 0 Å². The summed E-state index contributed by atoms with van der Waals surface area (Å²) in [5.74, 6) is 0.101. The highest BCUT2D eigenvalue weighted by Gasteiger charge is 2.08. The van der Waals surface area contributed by atoms with E-state index < -0.39 is 0 Å². The number of hydrogen-bond donors (Lipinski definition) is 1. The van der Waals surface area contributed by atoms with Crippen LogP contribution in [0.3, 0.4) is 0 Å². The van der Waals surface area contributed by atoms with Crippen molar-refractivity contribution in [3.8, 4) is 0 Å². The second-order valence-electron chi connectivity index (χ2n) is 4.33. The largest absolute Gasteiger partial charge is 0.395 e. The van der Waals surface area contributed by atoms with Crippen LogP contribution in [-0.2, 0) is 6.42 Å². The van der Waals surface area contributed by atoms with Gasteiger partial charge in [0.2, 0.25) is 0 Å². The van der Waals surface area contributed by atoms with E-state index in [2.05, 4.69) is 6.92 Å². The second-order valence-corrected chi connectivity index (χ2v) is 4.33. The summed E-state index contributed by atoms with van der Waals surface area (Å²) in [5.41, 5.74) is 2.02. The molecule has 0 radical (unpaired) electrons. The minimum atomic E-state index is 0.0826. The van der Waals surface area contributed by atoms with Crippen LogP contribution in [0, 0.1) is 0 Å². The highest BCUT2D eigenvalue weighted by Crippen LogP contribution is 2.07. The Bertz CT molecular complexity index is 346. The van der Waals surface area contributed by atoms with Crippen molar-refractivity contribution >= 4 is 5.78 Å². The summed E-state index contributed by atoms with van der Waals surface area (Å²) in [4.78, 5) is 13.7. The van der Waals surface area contributed by atoms with Gasteiger partial charge in [-0.2, -0.15) is 0 Å². The van der Waals surface area contributed by atoms with Crippen LogP contribution in [0.25, 0.3) is 0 Å². The summed E-state index contributed by atoms with van der Waals surface area (Å²) in [6.07, 6.45) is 2.17. The maximum absolute atomic E-state index is 11.9. The number of rotatable bonds is 7. The Morgan fingerprint density at radius 3 is 2.47 bits per heavy atom. The molecule has 0 aliphatic rings. The summed E-state index contributed by atoms with van der Waals surface area (Å²) >= 11 is 0. The summed E-state index contributed by atoms with van der Waals surface area (Å²) < 4.78 is 0. The zero-order valence-electron chi connectivity index (χ0n) is 10.6. The number of carbonyl (C=O) groups is 1. The average molecular weight is 235 g/mol. The fourth-order valence-electron chi connectivity index (χ4n) is 1.73. The Kier molecular flexibility index (Phi) is 5.87. The third kappa shape index (κ3) is 4.67. The molecule has 0 fully saturated rings. The van der Waals surface area contributed by atoms with Crippen molar-refractivity contribution in [3.05, 3.63) is 35.4 Å². The van der Waals surface area contributed by atoms with Crippen molar-refractivity contribution in [2.75, 3.05) is 26.7 Å². The predicted molar refractivity (Wildman–Crippen MR) is 69.4 cm³/mol. The fourth-order valence-corrected chi connectivity index (χ4v) is 1.73. The minimum absolute atomic E-state index is 0.0826. The van der Waals surface area contributed by atoms with Gasteiger partial charge in [0.1, 0.15) is 0 Å². The van der Waals surface area contributed by atoms with E-state index in [9.17, 15) is 4.79 Å². The zero-order chi connectivity index (χ0) is 12.7. The molecule has 1 aromatic rings. The lowest BCUT2D eigenvalue weighted by molar-refractivity contribution is 0.0936. The van der Waals surface area contributed by atoms with E-state index in [4.69, 9.17) is 5.11 Å². The molecule has 1 N–H and O–H groups in total. The molecule has 1 rings (SSSR count). The number of likely N-dealkylation sites (N-methyl/N-ethyl adjacent to an activating group) is 1. The van der Waals surface area contributed by atoms with Crippen molar-refractivity contribution in [1.82, 2.24) is 4.90 Å². The Labute approximate surface area is 103 Å². The molecule has 0 aliphatic carbocycles. The number of benzene rings is 1. The maximum atomic E-state index is 11.9. The van der Waals surface area contributed by atoms with E-state index in [1.807, 2.05) is 36.2 Å². The van der Waals surface area contributed by atoms with Gasteiger partial charge in [-0.1, -0.05) is 37.6 Å². The number of aliphatic hydroxyl groups excluding tert-OH is 1. The quantitative estimate of drug-likeness (QED) is 0.732. The van der Waals surface area contributed by atoms with Gasteiger partial charge in [0, 0.05) is 12.1 Å². The summed E-state index contributed by atoms with van der Waals surface area (Å²) in [6, 6.07) is 7.81. The Morgan fingerprint density at radius 1 is 1.29 bits per heavy atom. The Balaban J connectivity index is 2.57. The van der Waals surface area contributed by atoms with Crippen molar-refractivity contribution in [3.63, 3.8) is 0 Å². The van der Waals surface area contributed by atoms with E-state index in [-0.39, 0.29) is 12.4 Å². The normalized spacial score (nSPS) is 10.8. The number of carbonyl (C=O) groups excluding carboxylic acids is 1. The highest BCUT2D eigenvalue weighted by molar-refractivity contribution is 5.97. The molecule has 0 atom stereocenters. The first-order chi connectivity index (χ1) is 8.17. The molecule has 0 amide bonds. The average Bonchev–Trinajstić information content (AvgIpc) is 2.30. The van der Waals surface area contributed by atoms with Crippen LogP contribution < -0.4 is 0 Å². The first kappa shape index (κ1) is 13.9. The van der Waals surface area contributed by atoms with Gasteiger partial charge in [-0.3, -0.25) is 9.69 Å². The van der Waals surface area contributed by atoms with Gasteiger partial charge in [-0.15, -0.1) is 0 Å². The van der Waals surface area contributed by atoms with Crippen LogP contribution in [0.2, 0.25) is 0 Å². The molecule has 0 saturated carbocycles. The summed E-state index contributed by atoms with van der Waals surface area (Å²) in [6.45, 7) is 3.11. The van der Waals surface area contributed by atoms with Gasteiger partial charge in [-0.05, 0) is 19.0 Å². The number of Topliss-reactive ketones (excluding diaryl/α,β-unsaturated/α-hetero) is 1. The lowest BCUT2D eigenvalue weighted by Gasteiger charge is -2.13. The highest BCUT2D eigenvalue weighted by atomic mass is 16.3. The van der Waals surface area contributed by atoms with E-state index in [0.29, 0.717) is 13.1 Å². The molecule has 17 heavy (non-hydrogen) atoms. The third-order valence-electron chi connectivity index (χ3n) is 2.71. The summed E-state index contributed by atoms with van der Waals surface area (Å²) in [5, 5.41) is 8.76. The molecule has 3 heteroatoms. The van der Waals surface area contributed by atoms with Crippen molar-refractivity contribution in [2.45, 2.75) is 19.8 Å². The molecule has 3 nitrogen and oxygen atoms in total. The van der Waals surface area contributed by atoms with E-state index in [1.165, 1.54) is 5.56 Å². The van der Waals surface area contributed by atoms with Crippen molar-refractivity contribution < 1.29 is 9.90 Å². The van der Waals surface area contributed by atoms with E-state index in [1.54, 1.807) is 0 Å². The second kappa shape index (κ2) is 7.20. The van der Waals surface area contributed by atoms with Gasteiger partial charge in [-0.25, -0.2) is 0 Å². The van der Waals surface area contributed by atoms with Crippen LogP contribution >= 0.6 is 0 Å². The van der Waals surface area contributed by atoms with Crippen LogP contribution in [-0.4, -0.2) is 42.5 Å². The van der Waals surface area contributed by atoms with Gasteiger partial charge < -0.3 is 5.11 Å². The smallest absolute Gasteiger partial charge is 0.176 e. The van der Waals surface area contributed by atoms with Crippen LogP contribution in [0.5, 0.6) is 0 Å². The molecule has 0 saturated heterocycles. The van der Waals surface area contributed by atoms with Gasteiger partial charge in [0.25, 0.3) is 0 Å². The number of aryl methyl sites for hydroxylation is 1. The molecule has 0 bridgehead atoms. The third-order valence-corrected chi connectivity index (χ3v) is 2.71. The molecular weight excluding hydrogens is 214 g/mol. The predicted octanol–water partition coefficient (Wildman–Crippen LogP) is 1.75. The molecule has 94 valence electrons. The summed E-state index contributed by atoms with van der Waals surface area (Å²) in [7, 11) is 1.83. The molecular formula is C14H21NO2. The Morgan fingerprint density at radius 2 is 1.94 bits per heavy atom. The lowest BCUT2D eigenvalue weighted by atomic mass is 10.1. The molecule has 0 aromatic heterocycles. The maximum Gasteiger partial charge on any atom is 0.176 e. The molecule has 0 heterocycles. The van der Waals surface area contributed by atoms with Crippen molar-refractivity contribution in [2.24, 2.45) is 0 Å². The van der Waals surface area contributed by atoms with E-state index in [0.717, 1.165) is 18.4 Å².